The average molecular weight is 351 g/mol. The van der Waals surface area contributed by atoms with E-state index in [2.05, 4.69) is 17.5 Å². The van der Waals surface area contributed by atoms with Crippen molar-refractivity contribution in [2.75, 3.05) is 25.4 Å². The molecule has 1 atom stereocenters. The highest BCUT2D eigenvalue weighted by atomic mass is 32.2. The quantitative estimate of drug-likeness (QED) is 0.835. The van der Waals surface area contributed by atoms with Crippen molar-refractivity contribution in [1.82, 2.24) is 4.90 Å². The highest BCUT2D eigenvalue weighted by Crippen LogP contribution is 2.36. The molecule has 122 valence electrons. The highest BCUT2D eigenvalue weighted by molar-refractivity contribution is 7.99. The van der Waals surface area contributed by atoms with Gasteiger partial charge in [-0.2, -0.15) is 11.8 Å². The molecule has 1 aliphatic rings. The van der Waals surface area contributed by atoms with Crippen LogP contribution in [0.5, 0.6) is 5.75 Å². The molecule has 1 unspecified atom stereocenters. The lowest BCUT2D eigenvalue weighted by Gasteiger charge is -2.20. The monoisotopic (exact) mass is 351 g/mol. The van der Waals surface area contributed by atoms with Crippen LogP contribution in [0.4, 0.5) is 4.39 Å². The number of thioether (sulfide) groups is 1. The molecule has 0 aliphatic carbocycles. The van der Waals surface area contributed by atoms with E-state index in [0.717, 1.165) is 18.7 Å². The number of amides is 1. The molecule has 3 nitrogen and oxygen atoms in total. The maximum absolute atomic E-state index is 13.5. The van der Waals surface area contributed by atoms with Crippen LogP contribution in [-0.4, -0.2) is 36.3 Å². The molecule has 1 saturated heterocycles. The summed E-state index contributed by atoms with van der Waals surface area (Å²) in [5, 5.41) is 2.55. The van der Waals surface area contributed by atoms with Crippen LogP contribution in [0, 0.1) is 5.82 Å². The maximum atomic E-state index is 13.5. The zero-order valence-electron chi connectivity index (χ0n) is 12.6. The van der Waals surface area contributed by atoms with Gasteiger partial charge in [-0.05, 0) is 30.0 Å². The van der Waals surface area contributed by atoms with Crippen molar-refractivity contribution in [3.63, 3.8) is 0 Å². The van der Waals surface area contributed by atoms with E-state index in [1.165, 1.54) is 17.0 Å². The van der Waals surface area contributed by atoms with Crippen LogP contribution in [0.3, 0.4) is 0 Å². The first kappa shape index (κ1) is 16.3. The molecule has 1 aliphatic heterocycles. The van der Waals surface area contributed by atoms with Crippen molar-refractivity contribution in [3.05, 3.63) is 52.5 Å². The zero-order chi connectivity index (χ0) is 16.1. The second-order valence-electron chi connectivity index (χ2n) is 5.26. The fourth-order valence-electron chi connectivity index (χ4n) is 2.51. The van der Waals surface area contributed by atoms with E-state index < -0.39 is 5.82 Å². The van der Waals surface area contributed by atoms with Crippen molar-refractivity contribution in [2.45, 2.75) is 11.7 Å². The lowest BCUT2D eigenvalue weighted by Crippen LogP contribution is -2.36. The minimum absolute atomic E-state index is 0.0827. The SMILES string of the molecule is O=C(COc1ccccc1F)N1CCSC(c2cccs2)CC1. The van der Waals surface area contributed by atoms with Gasteiger partial charge in [-0.15, -0.1) is 11.3 Å². The van der Waals surface area contributed by atoms with Gasteiger partial charge < -0.3 is 9.64 Å². The Morgan fingerprint density at radius 3 is 2.91 bits per heavy atom. The summed E-state index contributed by atoms with van der Waals surface area (Å²) in [6.07, 6.45) is 0.941. The Morgan fingerprint density at radius 1 is 1.26 bits per heavy atom. The van der Waals surface area contributed by atoms with Crippen LogP contribution in [0.2, 0.25) is 0 Å². The average Bonchev–Trinajstić information content (AvgIpc) is 2.98. The topological polar surface area (TPSA) is 29.5 Å². The van der Waals surface area contributed by atoms with Gasteiger partial charge in [0.1, 0.15) is 0 Å². The van der Waals surface area contributed by atoms with E-state index in [1.54, 1.807) is 23.5 Å². The number of carbonyl (C=O) groups is 1. The Morgan fingerprint density at radius 2 is 2.13 bits per heavy atom. The number of hydrogen-bond acceptors (Lipinski definition) is 4. The van der Waals surface area contributed by atoms with Crippen LogP contribution < -0.4 is 4.74 Å². The highest BCUT2D eigenvalue weighted by Gasteiger charge is 2.23. The summed E-state index contributed by atoms with van der Waals surface area (Å²) in [5.74, 6) is 0.514. The molecule has 2 heterocycles. The van der Waals surface area contributed by atoms with Gasteiger partial charge in [0, 0.05) is 29.0 Å². The Labute approximate surface area is 143 Å². The third-order valence-corrected chi connectivity index (χ3v) is 6.19. The number of para-hydroxylation sites is 1. The normalized spacial score (nSPS) is 18.5. The number of hydrogen-bond donors (Lipinski definition) is 0. The molecule has 0 radical (unpaired) electrons. The standard InChI is InChI=1S/C17H18FNO2S2/c18-13-4-1-2-5-14(13)21-12-17(20)19-8-7-16(23-11-9-19)15-6-3-10-22-15/h1-6,10,16H,7-9,11-12H2. The number of rotatable bonds is 4. The molecule has 6 heteroatoms. The molecule has 23 heavy (non-hydrogen) atoms. The van der Waals surface area contributed by atoms with E-state index in [1.807, 2.05) is 16.7 Å². The first-order chi connectivity index (χ1) is 11.2. The summed E-state index contributed by atoms with van der Waals surface area (Å²) in [6.45, 7) is 1.32. The maximum Gasteiger partial charge on any atom is 0.260 e. The summed E-state index contributed by atoms with van der Waals surface area (Å²) in [6, 6.07) is 10.4. The summed E-state index contributed by atoms with van der Waals surface area (Å²) < 4.78 is 18.8. The van der Waals surface area contributed by atoms with Crippen LogP contribution in [0.25, 0.3) is 0 Å². The molecule has 1 amide bonds. The van der Waals surface area contributed by atoms with Gasteiger partial charge in [0.2, 0.25) is 0 Å². The number of halogens is 1. The lowest BCUT2D eigenvalue weighted by atomic mass is 10.2. The molecular weight excluding hydrogens is 333 g/mol. The van der Waals surface area contributed by atoms with Crippen LogP contribution in [-0.2, 0) is 4.79 Å². The molecule has 0 N–H and O–H groups in total. The van der Waals surface area contributed by atoms with E-state index in [4.69, 9.17) is 4.74 Å². The van der Waals surface area contributed by atoms with E-state index in [-0.39, 0.29) is 18.3 Å². The molecule has 1 fully saturated rings. The Kier molecular flexibility index (Phi) is 5.56. The number of carbonyl (C=O) groups excluding carboxylic acids is 1. The van der Waals surface area contributed by atoms with Crippen LogP contribution in [0.1, 0.15) is 16.5 Å². The molecule has 0 spiro atoms. The molecular formula is C17H18FNO2S2. The minimum Gasteiger partial charge on any atom is -0.481 e. The second-order valence-corrected chi connectivity index (χ2v) is 7.55. The van der Waals surface area contributed by atoms with Gasteiger partial charge in [-0.1, -0.05) is 18.2 Å². The number of nitrogens with zero attached hydrogens (tertiary/aromatic N) is 1. The van der Waals surface area contributed by atoms with Gasteiger partial charge in [0.25, 0.3) is 5.91 Å². The fraction of sp³-hybridized carbons (Fsp3) is 0.353. The smallest absolute Gasteiger partial charge is 0.260 e. The zero-order valence-corrected chi connectivity index (χ0v) is 14.2. The summed E-state index contributed by atoms with van der Waals surface area (Å²) >= 11 is 3.66. The Balaban J connectivity index is 1.53. The minimum atomic E-state index is -0.440. The van der Waals surface area contributed by atoms with Crippen molar-refractivity contribution in [1.29, 1.82) is 0 Å². The fourth-order valence-corrected chi connectivity index (χ4v) is 4.75. The predicted octanol–water partition coefficient (Wildman–Crippen LogP) is 3.97. The van der Waals surface area contributed by atoms with Crippen molar-refractivity contribution in [3.8, 4) is 5.75 Å². The number of ether oxygens (including phenoxy) is 1. The third kappa shape index (κ3) is 4.26. The predicted molar refractivity (Wildman–Crippen MR) is 92.6 cm³/mol. The molecule has 3 rings (SSSR count). The van der Waals surface area contributed by atoms with E-state index in [9.17, 15) is 9.18 Å². The number of benzene rings is 1. The van der Waals surface area contributed by atoms with Gasteiger partial charge in [0.15, 0.2) is 18.2 Å². The Bertz CT molecular complexity index is 648. The second kappa shape index (κ2) is 7.84. The first-order valence-electron chi connectivity index (χ1n) is 7.54. The largest absolute Gasteiger partial charge is 0.481 e. The van der Waals surface area contributed by atoms with E-state index in [0.29, 0.717) is 11.8 Å². The summed E-state index contributed by atoms with van der Waals surface area (Å²) in [7, 11) is 0. The van der Waals surface area contributed by atoms with Crippen molar-refractivity contribution in [2.24, 2.45) is 0 Å². The molecule has 1 aromatic heterocycles. The molecule has 1 aromatic carbocycles. The number of thiophene rings is 1. The third-order valence-electron chi connectivity index (χ3n) is 3.74. The van der Waals surface area contributed by atoms with E-state index >= 15 is 0 Å². The van der Waals surface area contributed by atoms with Crippen molar-refractivity contribution < 1.29 is 13.9 Å². The van der Waals surface area contributed by atoms with Crippen LogP contribution >= 0.6 is 23.1 Å². The molecule has 0 bridgehead atoms. The van der Waals surface area contributed by atoms with Gasteiger partial charge in [-0.3, -0.25) is 4.79 Å². The summed E-state index contributed by atoms with van der Waals surface area (Å²) in [4.78, 5) is 15.5. The first-order valence-corrected chi connectivity index (χ1v) is 9.47. The van der Waals surface area contributed by atoms with Gasteiger partial charge in [-0.25, -0.2) is 4.39 Å². The Hall–Kier alpha value is -1.53. The molecule has 2 aromatic rings. The van der Waals surface area contributed by atoms with Crippen LogP contribution in [0.15, 0.2) is 41.8 Å². The molecule has 0 saturated carbocycles. The van der Waals surface area contributed by atoms with Gasteiger partial charge >= 0.3 is 0 Å². The summed E-state index contributed by atoms with van der Waals surface area (Å²) in [5.41, 5.74) is 0. The van der Waals surface area contributed by atoms with Gasteiger partial charge in [0.05, 0.1) is 0 Å². The lowest BCUT2D eigenvalue weighted by molar-refractivity contribution is -0.133. The van der Waals surface area contributed by atoms with Crippen molar-refractivity contribution >= 4 is 29.0 Å².